The molecule has 0 spiro atoms. The zero-order valence-electron chi connectivity index (χ0n) is 10.6. The summed E-state index contributed by atoms with van der Waals surface area (Å²) >= 11 is 1.23. The molecule has 6 heteroatoms. The van der Waals surface area contributed by atoms with Gasteiger partial charge in [-0.15, -0.1) is 0 Å². The van der Waals surface area contributed by atoms with Crippen molar-refractivity contribution in [2.75, 3.05) is 5.32 Å². The monoisotopic (exact) mass is 257 g/mol. The first kappa shape index (κ1) is 13.9. The third-order valence-corrected chi connectivity index (χ3v) is 2.46. The molecule has 0 aromatic carbocycles. The van der Waals surface area contributed by atoms with E-state index in [9.17, 15) is 4.79 Å². The molecule has 1 unspecified atom stereocenters. The summed E-state index contributed by atoms with van der Waals surface area (Å²) in [5.41, 5.74) is 6.06. The Balaban J connectivity index is 2.52. The van der Waals surface area contributed by atoms with Crippen LogP contribution in [0.4, 0.5) is 9.80 Å². The molecule has 1 amide bonds. The van der Waals surface area contributed by atoms with Gasteiger partial charge in [0.05, 0.1) is 5.69 Å². The molecule has 3 N–H and O–H groups in total. The minimum Gasteiger partial charge on any atom is -0.444 e. The second-order valence-corrected chi connectivity index (χ2v) is 5.80. The molecular weight excluding hydrogens is 238 g/mol. The van der Waals surface area contributed by atoms with Crippen LogP contribution in [0.15, 0.2) is 6.07 Å². The molecule has 0 aliphatic carbocycles. The van der Waals surface area contributed by atoms with Crippen LogP contribution in [0, 0.1) is 0 Å². The van der Waals surface area contributed by atoms with Crippen molar-refractivity contribution >= 4 is 22.6 Å². The number of amides is 1. The van der Waals surface area contributed by atoms with Crippen LogP contribution < -0.4 is 11.1 Å². The number of anilines is 1. The zero-order valence-corrected chi connectivity index (χ0v) is 11.4. The summed E-state index contributed by atoms with van der Waals surface area (Å²) in [4.78, 5) is 11.5. The lowest BCUT2D eigenvalue weighted by Crippen LogP contribution is -2.26. The summed E-state index contributed by atoms with van der Waals surface area (Å²) < 4.78 is 9.33. The second-order valence-electron chi connectivity index (χ2n) is 4.99. The van der Waals surface area contributed by atoms with E-state index in [1.165, 1.54) is 11.5 Å². The summed E-state index contributed by atoms with van der Waals surface area (Å²) in [7, 11) is 0. The highest BCUT2D eigenvalue weighted by Crippen LogP contribution is 2.18. The van der Waals surface area contributed by atoms with Gasteiger partial charge in [0.2, 0.25) is 0 Å². The van der Waals surface area contributed by atoms with Crippen molar-refractivity contribution in [2.24, 2.45) is 5.73 Å². The molecule has 1 aromatic heterocycles. The summed E-state index contributed by atoms with van der Waals surface area (Å²) in [6.45, 7) is 7.38. The molecular formula is C11H19N3O2S. The fourth-order valence-electron chi connectivity index (χ4n) is 1.20. The summed E-state index contributed by atoms with van der Waals surface area (Å²) in [6.07, 6.45) is 0.237. The first-order chi connectivity index (χ1) is 7.76. The van der Waals surface area contributed by atoms with Crippen LogP contribution >= 0.6 is 11.5 Å². The van der Waals surface area contributed by atoms with Gasteiger partial charge in [0, 0.05) is 12.5 Å². The largest absolute Gasteiger partial charge is 0.444 e. The van der Waals surface area contributed by atoms with E-state index in [-0.39, 0.29) is 6.04 Å². The van der Waals surface area contributed by atoms with Crippen LogP contribution in [0.3, 0.4) is 0 Å². The van der Waals surface area contributed by atoms with Gasteiger partial charge in [-0.05, 0) is 45.3 Å². The maximum atomic E-state index is 11.5. The Kier molecular flexibility index (Phi) is 4.47. The molecule has 0 aliphatic rings. The molecule has 1 atom stereocenters. The number of hydrogen-bond acceptors (Lipinski definition) is 5. The van der Waals surface area contributed by atoms with E-state index in [1.807, 2.05) is 33.8 Å². The van der Waals surface area contributed by atoms with E-state index in [2.05, 4.69) is 9.69 Å². The number of carbonyl (C=O) groups is 1. The van der Waals surface area contributed by atoms with Crippen molar-refractivity contribution in [3.8, 4) is 0 Å². The van der Waals surface area contributed by atoms with Crippen molar-refractivity contribution in [1.82, 2.24) is 4.37 Å². The lowest BCUT2D eigenvalue weighted by Gasteiger charge is -2.19. The molecule has 0 saturated heterocycles. The van der Waals surface area contributed by atoms with Crippen LogP contribution in [0.25, 0.3) is 0 Å². The third kappa shape index (κ3) is 5.65. The fourth-order valence-corrected chi connectivity index (χ4v) is 1.86. The maximum absolute atomic E-state index is 11.5. The molecule has 0 aliphatic heterocycles. The van der Waals surface area contributed by atoms with E-state index in [0.717, 1.165) is 5.69 Å². The molecule has 96 valence electrons. The number of ether oxygens (including phenoxy) is 1. The van der Waals surface area contributed by atoms with E-state index < -0.39 is 11.7 Å². The average molecular weight is 257 g/mol. The highest BCUT2D eigenvalue weighted by molar-refractivity contribution is 7.10. The van der Waals surface area contributed by atoms with Gasteiger partial charge >= 0.3 is 6.09 Å². The Morgan fingerprint density at radius 2 is 2.29 bits per heavy atom. The fraction of sp³-hybridized carbons (Fsp3) is 0.636. The Morgan fingerprint density at radius 3 is 2.82 bits per heavy atom. The van der Waals surface area contributed by atoms with Gasteiger partial charge in [-0.2, -0.15) is 4.37 Å². The SMILES string of the molecule is CC(N)Cc1cc(NC(=O)OC(C)(C)C)sn1. The number of carbonyl (C=O) groups excluding carboxylic acids is 1. The number of nitrogens with one attached hydrogen (secondary N) is 1. The maximum Gasteiger partial charge on any atom is 0.412 e. The summed E-state index contributed by atoms with van der Waals surface area (Å²) in [6, 6.07) is 1.88. The van der Waals surface area contributed by atoms with Crippen LogP contribution in [0.2, 0.25) is 0 Å². The molecule has 0 bridgehead atoms. The molecule has 0 radical (unpaired) electrons. The number of nitrogens with two attached hydrogens (primary N) is 1. The predicted molar refractivity (Wildman–Crippen MR) is 69.3 cm³/mol. The first-order valence-electron chi connectivity index (χ1n) is 5.47. The standard InChI is InChI=1S/C11H19N3O2S/c1-7(12)5-8-6-9(17-14-8)13-10(15)16-11(2,3)4/h6-7H,5,12H2,1-4H3,(H,13,15). The average Bonchev–Trinajstić information content (AvgIpc) is 2.46. The summed E-state index contributed by atoms with van der Waals surface area (Å²) in [5.74, 6) is 0. The highest BCUT2D eigenvalue weighted by atomic mass is 32.1. The van der Waals surface area contributed by atoms with Gasteiger partial charge in [0.15, 0.2) is 0 Å². The van der Waals surface area contributed by atoms with Gasteiger partial charge < -0.3 is 10.5 Å². The van der Waals surface area contributed by atoms with E-state index in [0.29, 0.717) is 11.4 Å². The van der Waals surface area contributed by atoms with E-state index in [1.54, 1.807) is 0 Å². The Morgan fingerprint density at radius 1 is 1.65 bits per heavy atom. The molecule has 17 heavy (non-hydrogen) atoms. The third-order valence-electron chi connectivity index (χ3n) is 1.71. The van der Waals surface area contributed by atoms with Gasteiger partial charge in [0.1, 0.15) is 10.6 Å². The van der Waals surface area contributed by atoms with Crippen LogP contribution in [0.5, 0.6) is 0 Å². The van der Waals surface area contributed by atoms with Crippen molar-refractivity contribution in [1.29, 1.82) is 0 Å². The predicted octanol–water partition coefficient (Wildman–Crippen LogP) is 2.38. The van der Waals surface area contributed by atoms with Gasteiger partial charge in [-0.25, -0.2) is 4.79 Å². The Bertz CT molecular complexity index is 382. The number of hydrogen-bond donors (Lipinski definition) is 2. The molecule has 0 saturated carbocycles. The van der Waals surface area contributed by atoms with Crippen molar-refractivity contribution in [3.05, 3.63) is 11.8 Å². The van der Waals surface area contributed by atoms with Gasteiger partial charge in [-0.3, -0.25) is 5.32 Å². The lowest BCUT2D eigenvalue weighted by atomic mass is 10.2. The van der Waals surface area contributed by atoms with Crippen LogP contribution in [0.1, 0.15) is 33.4 Å². The zero-order chi connectivity index (χ0) is 13.1. The van der Waals surface area contributed by atoms with Crippen molar-refractivity contribution in [2.45, 2.75) is 45.8 Å². The van der Waals surface area contributed by atoms with E-state index >= 15 is 0 Å². The van der Waals surface area contributed by atoms with Crippen LogP contribution in [-0.4, -0.2) is 22.1 Å². The molecule has 1 rings (SSSR count). The lowest BCUT2D eigenvalue weighted by molar-refractivity contribution is 0.0636. The topological polar surface area (TPSA) is 77.2 Å². The van der Waals surface area contributed by atoms with Crippen LogP contribution in [-0.2, 0) is 11.2 Å². The minimum atomic E-state index is -0.497. The second kappa shape index (κ2) is 5.46. The molecule has 0 fully saturated rings. The normalized spacial score (nSPS) is 13.2. The van der Waals surface area contributed by atoms with Gasteiger partial charge in [0.25, 0.3) is 0 Å². The first-order valence-corrected chi connectivity index (χ1v) is 6.25. The minimum absolute atomic E-state index is 0.0616. The number of rotatable bonds is 3. The number of nitrogens with zero attached hydrogens (tertiary/aromatic N) is 1. The van der Waals surface area contributed by atoms with E-state index in [4.69, 9.17) is 10.5 Å². The molecule has 1 heterocycles. The van der Waals surface area contributed by atoms with Gasteiger partial charge in [-0.1, -0.05) is 0 Å². The summed E-state index contributed by atoms with van der Waals surface area (Å²) in [5, 5.41) is 3.32. The van der Waals surface area contributed by atoms with Crippen molar-refractivity contribution < 1.29 is 9.53 Å². The van der Waals surface area contributed by atoms with Crippen molar-refractivity contribution in [3.63, 3.8) is 0 Å². The smallest absolute Gasteiger partial charge is 0.412 e. The molecule has 1 aromatic rings. The Labute approximate surface area is 106 Å². The quantitative estimate of drug-likeness (QED) is 0.871. The molecule has 5 nitrogen and oxygen atoms in total. The highest BCUT2D eigenvalue weighted by Gasteiger charge is 2.17. The Hall–Kier alpha value is -1.14. The number of aromatic nitrogens is 1.